The number of fused-ring (bicyclic) bond motifs is 2. The second-order valence-electron chi connectivity index (χ2n) is 7.04. The van der Waals surface area contributed by atoms with Crippen molar-refractivity contribution in [2.45, 2.75) is 0 Å². The summed E-state index contributed by atoms with van der Waals surface area (Å²) in [7, 11) is 3.88. The van der Waals surface area contributed by atoms with Gasteiger partial charge in [-0.3, -0.25) is 0 Å². The van der Waals surface area contributed by atoms with E-state index in [1.165, 1.54) is 7.22 Å². The summed E-state index contributed by atoms with van der Waals surface area (Å²) in [6.07, 6.45) is 3.31. The van der Waals surface area contributed by atoms with Gasteiger partial charge in [0.2, 0.25) is 0 Å². The molecule has 2 aliphatic heterocycles. The molecule has 150 valence electrons. The first kappa shape index (κ1) is 19.8. The average molecular weight is 624 g/mol. The molecule has 30 heavy (non-hydrogen) atoms. The van der Waals surface area contributed by atoms with Gasteiger partial charge in [-0.25, -0.2) is 0 Å². The van der Waals surface area contributed by atoms with Crippen LogP contribution in [0.4, 0.5) is 11.4 Å². The van der Waals surface area contributed by atoms with Gasteiger partial charge in [0.15, 0.2) is 0 Å². The minimum atomic E-state index is -0.704. The Balaban J connectivity index is 1.49. The topological polar surface area (TPSA) is 69.7 Å². The molecule has 0 atom stereocenters. The van der Waals surface area contributed by atoms with E-state index in [4.69, 9.17) is 0 Å². The molecule has 0 amide bonds. The summed E-state index contributed by atoms with van der Waals surface area (Å²) in [5.74, 6) is -1.82. The predicted octanol–water partition coefficient (Wildman–Crippen LogP) is -0.560. The van der Waals surface area contributed by atoms with Gasteiger partial charge in [-0.05, 0) is 0 Å². The molecule has 0 aromatic heterocycles. The van der Waals surface area contributed by atoms with Crippen LogP contribution in [0, 0.1) is 0 Å². The second-order valence-corrected chi connectivity index (χ2v) is 13.1. The molecule has 0 bridgehead atoms. The van der Waals surface area contributed by atoms with Gasteiger partial charge < -0.3 is 0 Å². The van der Waals surface area contributed by atoms with E-state index in [0.29, 0.717) is 0 Å². The molecular weight excluding hydrogens is 607 g/mol. The van der Waals surface area contributed by atoms with Crippen LogP contribution < -0.4 is 27.2 Å². The van der Waals surface area contributed by atoms with Crippen molar-refractivity contribution in [2.75, 3.05) is 23.9 Å². The van der Waals surface area contributed by atoms with Gasteiger partial charge in [0.1, 0.15) is 0 Å². The van der Waals surface area contributed by atoms with Crippen molar-refractivity contribution in [3.05, 3.63) is 90.8 Å². The Bertz CT molecular complexity index is 1230. The van der Waals surface area contributed by atoms with Crippen molar-refractivity contribution in [3.63, 3.8) is 0 Å². The molecule has 5 rings (SSSR count). The SMILES string of the molecule is CN1/C(=C\C2=C([O-])C(/C=C3/[Te]c4ccccc4N3C)=C([O-])C2=O)[Te]c2ccccc21. The number of Topliss-reactive ketones (excluding diaryl/α,β-unsaturated/α-hetero) is 1. The van der Waals surface area contributed by atoms with E-state index in [2.05, 4.69) is 12.1 Å². The quantitative estimate of drug-likeness (QED) is 0.420. The molecule has 0 saturated heterocycles. The van der Waals surface area contributed by atoms with Crippen LogP contribution in [0.25, 0.3) is 0 Å². The van der Waals surface area contributed by atoms with E-state index in [1.807, 2.05) is 60.3 Å². The maximum atomic E-state index is 13.0. The third-order valence-corrected chi connectivity index (χ3v) is 11.9. The molecule has 0 fully saturated rings. The van der Waals surface area contributed by atoms with Crippen LogP contribution in [0.1, 0.15) is 0 Å². The standard InChI is InChI=1S/C23H18N2O3Te2/c1-24-15-7-3-5-9-17(15)29-19(24)11-13-21(26)14(23(28)22(13)27)12-20-25(2)16-8-4-6-10-18(16)30-20/h3-12,26H,1-2H3,(H,27,28)/p-2/b19-11+,20-12+. The molecule has 0 unspecified atom stereocenters. The molecule has 2 aromatic rings. The van der Waals surface area contributed by atoms with Crippen molar-refractivity contribution in [2.24, 2.45) is 0 Å². The van der Waals surface area contributed by atoms with Crippen molar-refractivity contribution >= 4 is 66.2 Å². The zero-order chi connectivity index (χ0) is 21.0. The number of nitrogens with zero attached hydrogens (tertiary/aromatic N) is 2. The molecule has 0 radical (unpaired) electrons. The Kier molecular flexibility index (Phi) is 4.96. The van der Waals surface area contributed by atoms with E-state index >= 15 is 0 Å². The fourth-order valence-corrected chi connectivity index (χ4v) is 9.84. The third kappa shape index (κ3) is 3.09. The van der Waals surface area contributed by atoms with Crippen LogP contribution in [-0.2, 0) is 4.79 Å². The summed E-state index contributed by atoms with van der Waals surface area (Å²) in [5.41, 5.74) is 2.23. The summed E-state index contributed by atoms with van der Waals surface area (Å²) in [6, 6.07) is 16.2. The van der Waals surface area contributed by atoms with Crippen LogP contribution in [0.15, 0.2) is 90.8 Å². The molecule has 1 aliphatic carbocycles. The van der Waals surface area contributed by atoms with Crippen molar-refractivity contribution in [1.29, 1.82) is 0 Å². The van der Waals surface area contributed by atoms with Crippen molar-refractivity contribution in [3.8, 4) is 0 Å². The molecule has 7 heteroatoms. The summed E-state index contributed by atoms with van der Waals surface area (Å²) in [5, 5.41) is 25.7. The normalized spacial score (nSPS) is 20.8. The van der Waals surface area contributed by atoms with Gasteiger partial charge in [-0.15, -0.1) is 0 Å². The third-order valence-electron chi connectivity index (χ3n) is 5.26. The number of ketones is 1. The summed E-state index contributed by atoms with van der Waals surface area (Å²) < 4.78 is 4.48. The second kappa shape index (κ2) is 7.52. The zero-order valence-corrected chi connectivity index (χ0v) is 20.9. The molecule has 5 nitrogen and oxygen atoms in total. The number of anilines is 2. The number of hydrogen-bond donors (Lipinski definition) is 0. The first-order chi connectivity index (χ1) is 14.5. The molecule has 0 N–H and O–H groups in total. The number of carbonyl (C=O) groups excluding carboxylic acids is 1. The summed E-state index contributed by atoms with van der Waals surface area (Å²) in [6.45, 7) is 0. The Morgan fingerprint density at radius 3 is 1.70 bits per heavy atom. The van der Waals surface area contributed by atoms with E-state index < -0.39 is 59.1 Å². The Morgan fingerprint density at radius 2 is 1.20 bits per heavy atom. The first-order valence-corrected chi connectivity index (χ1v) is 13.9. The molecule has 2 heterocycles. The van der Waals surface area contributed by atoms with E-state index in [9.17, 15) is 15.0 Å². The number of carbonyl (C=O) groups is 1. The van der Waals surface area contributed by atoms with E-state index in [0.717, 1.165) is 18.9 Å². The van der Waals surface area contributed by atoms with Crippen LogP contribution in [0.2, 0.25) is 0 Å². The zero-order valence-electron chi connectivity index (χ0n) is 16.2. The van der Waals surface area contributed by atoms with Crippen LogP contribution in [0.3, 0.4) is 0 Å². The van der Waals surface area contributed by atoms with Crippen LogP contribution in [-0.4, -0.2) is 61.7 Å². The van der Waals surface area contributed by atoms with E-state index in [1.54, 1.807) is 12.2 Å². The van der Waals surface area contributed by atoms with Crippen molar-refractivity contribution in [1.82, 2.24) is 0 Å². The summed E-state index contributed by atoms with van der Waals surface area (Å²) in [4.78, 5) is 16.7. The Hall–Kier alpha value is -2.15. The van der Waals surface area contributed by atoms with E-state index in [-0.39, 0.29) is 11.1 Å². The van der Waals surface area contributed by atoms with Gasteiger partial charge in [0.25, 0.3) is 0 Å². The molecule has 0 spiro atoms. The van der Waals surface area contributed by atoms with Gasteiger partial charge in [-0.1, -0.05) is 0 Å². The molecule has 2 aromatic carbocycles. The number of allylic oxidation sites excluding steroid dienone is 3. The number of hydrogen-bond acceptors (Lipinski definition) is 5. The average Bonchev–Trinajstić information content (AvgIpc) is 3.31. The van der Waals surface area contributed by atoms with Crippen LogP contribution in [0.5, 0.6) is 0 Å². The molecular formula is C23H16N2O3Te2-2. The van der Waals surface area contributed by atoms with Gasteiger partial charge in [-0.2, -0.15) is 0 Å². The minimum absolute atomic E-state index is 0.00497. The maximum absolute atomic E-state index is 13.0. The van der Waals surface area contributed by atoms with Gasteiger partial charge >= 0.3 is 196 Å². The Morgan fingerprint density at radius 1 is 0.733 bits per heavy atom. The number of benzene rings is 2. The number of para-hydroxylation sites is 2. The monoisotopic (exact) mass is 628 g/mol. The van der Waals surface area contributed by atoms with Gasteiger partial charge in [0, 0.05) is 0 Å². The predicted molar refractivity (Wildman–Crippen MR) is 116 cm³/mol. The first-order valence-electron chi connectivity index (χ1n) is 9.28. The fraction of sp³-hybridized carbons (Fsp3) is 0.0870. The fourth-order valence-electron chi connectivity index (χ4n) is 3.60. The molecule has 0 saturated carbocycles. The Labute approximate surface area is 194 Å². The van der Waals surface area contributed by atoms with Gasteiger partial charge in [0.05, 0.1) is 0 Å². The van der Waals surface area contributed by atoms with Crippen molar-refractivity contribution < 1.29 is 15.0 Å². The van der Waals surface area contributed by atoms with Crippen LogP contribution >= 0.6 is 0 Å². The summed E-state index contributed by atoms with van der Waals surface area (Å²) >= 11 is -1.41. The molecule has 3 aliphatic rings. The number of rotatable bonds is 2.